The number of hydrogen-bond acceptors (Lipinski definition) is 13. The highest BCUT2D eigenvalue weighted by Gasteiger charge is 2.78. The number of alkyl halides is 9. The molecule has 23 heteroatoms. The fourth-order valence-electron chi connectivity index (χ4n) is 24.5. The van der Waals surface area contributed by atoms with Gasteiger partial charge < -0.3 is 28.4 Å². The van der Waals surface area contributed by atoms with E-state index in [1.165, 1.54) is 36.4 Å². The van der Waals surface area contributed by atoms with Crippen molar-refractivity contribution in [3.63, 3.8) is 0 Å². The molecular formula is C102H141F9N3O10P. The standard InChI is InChI=1S/C102H141F9N3O10P/c1-61-112-94(58-116-61,70-40-49-76-64(55-70)31-52-79(82(76)97(103,104)105)119-73-43-34-67(35-44-73)85(4,5)6)100(88(13,14)15,89(16,17)18)122-125(115,123-101(90(19,20)21,91(22,23)24)95(59-117-62(2)113-95)71-41-50-77-65(56-71)32-53-80(83(77)98(106,107)108)120-74-45-36-68(37-46-74)86(7,8)9)124-102(92(25,26)27,93(28,29)30)96(60-118-63(3)114-96)72-42-51-78-66(57-72)33-54-81(84(78)99(109,110)111)121-75-47-38-69(39-48-75)87(10,11)12/h31-33,40-42,49-57,67-69,73-75H,34-39,43-48,58-60H2,1-30H3. The van der Waals surface area contributed by atoms with Gasteiger partial charge in [-0.3, -0.25) is 13.6 Å². The molecule has 3 fully saturated rings. The van der Waals surface area contributed by atoms with Crippen LogP contribution in [-0.2, 0) is 67.5 Å². The quantitative estimate of drug-likeness (QED) is 0.0604. The molecule has 0 spiro atoms. The maximum absolute atomic E-state index is 20.1. The van der Waals surface area contributed by atoms with Gasteiger partial charge in [-0.1, -0.05) is 242 Å². The lowest BCUT2D eigenvalue weighted by molar-refractivity contribution is -0.246. The number of hydrogen-bond donors (Lipinski definition) is 0. The van der Waals surface area contributed by atoms with Crippen molar-refractivity contribution in [2.45, 2.75) is 355 Å². The van der Waals surface area contributed by atoms with E-state index in [4.69, 9.17) is 57.0 Å². The van der Waals surface area contributed by atoms with E-state index >= 15 is 44.1 Å². The molecule has 6 aromatic carbocycles. The Morgan fingerprint density at radius 3 is 0.688 bits per heavy atom. The van der Waals surface area contributed by atoms with Gasteiger partial charge in [0.15, 0.2) is 34.3 Å². The van der Waals surface area contributed by atoms with E-state index < -0.39 is 127 Å². The summed E-state index contributed by atoms with van der Waals surface area (Å²) in [5.41, 5.74) is -22.7. The van der Waals surface area contributed by atoms with Crippen LogP contribution in [0.1, 0.15) is 318 Å². The normalized spacial score (nSPS) is 25.4. The van der Waals surface area contributed by atoms with Gasteiger partial charge in [0.1, 0.15) is 70.6 Å². The van der Waals surface area contributed by atoms with Crippen LogP contribution in [-0.4, -0.2) is 72.6 Å². The summed E-state index contributed by atoms with van der Waals surface area (Å²) in [6, 6.07) is 23.0. The third kappa shape index (κ3) is 17.4. The summed E-state index contributed by atoms with van der Waals surface area (Å²) in [6.45, 7) is 57.7. The zero-order valence-corrected chi connectivity index (χ0v) is 80.9. The van der Waals surface area contributed by atoms with Crippen LogP contribution in [0.2, 0.25) is 0 Å². The Morgan fingerprint density at radius 1 is 0.312 bits per heavy atom. The van der Waals surface area contributed by atoms with E-state index in [2.05, 4.69) is 62.3 Å². The molecule has 0 radical (unpaired) electrons. The summed E-state index contributed by atoms with van der Waals surface area (Å²) in [4.78, 5) is 16.8. The second-order valence-corrected chi connectivity index (χ2v) is 48.0. The molecule has 3 saturated carbocycles. The third-order valence-electron chi connectivity index (χ3n) is 29.2. The van der Waals surface area contributed by atoms with Crippen LogP contribution in [0.15, 0.2) is 106 Å². The summed E-state index contributed by atoms with van der Waals surface area (Å²) in [5.74, 6) is 0.680. The van der Waals surface area contributed by atoms with Gasteiger partial charge in [0, 0.05) is 20.8 Å². The molecule has 13 nitrogen and oxygen atoms in total. The molecule has 0 bridgehead atoms. The van der Waals surface area contributed by atoms with Crippen LogP contribution >= 0.6 is 7.82 Å². The molecule has 692 valence electrons. The van der Waals surface area contributed by atoms with Crippen molar-refractivity contribution in [1.82, 2.24) is 0 Å². The predicted molar refractivity (Wildman–Crippen MR) is 482 cm³/mol. The van der Waals surface area contributed by atoms with Gasteiger partial charge in [-0.2, -0.15) is 39.5 Å². The Labute approximate surface area is 738 Å². The zero-order chi connectivity index (χ0) is 93.1. The smallest absolute Gasteiger partial charge is 0.476 e. The first-order valence-corrected chi connectivity index (χ1v) is 46.7. The highest BCUT2D eigenvalue weighted by atomic mass is 31.2. The molecular weight excluding hydrogens is 1630 g/mol. The van der Waals surface area contributed by atoms with E-state index in [1.807, 2.05) is 125 Å². The molecule has 3 heterocycles. The van der Waals surface area contributed by atoms with Gasteiger partial charge in [0.25, 0.3) is 0 Å². The molecule has 3 atom stereocenters. The van der Waals surface area contributed by atoms with Crippen molar-refractivity contribution in [2.75, 3.05) is 19.8 Å². The summed E-state index contributed by atoms with van der Waals surface area (Å²) in [5, 5.41) is 0.0448. The van der Waals surface area contributed by atoms with Crippen LogP contribution in [0, 0.1) is 66.5 Å². The van der Waals surface area contributed by atoms with Crippen LogP contribution in [0.4, 0.5) is 39.5 Å². The highest BCUT2D eigenvalue weighted by Crippen LogP contribution is 2.77. The number of phosphoric acid groups is 1. The predicted octanol–water partition coefficient (Wildman–Crippen LogP) is 30.1. The average Bonchev–Trinajstić information content (AvgIpc) is 1.66. The van der Waals surface area contributed by atoms with Gasteiger partial charge in [-0.15, -0.1) is 0 Å². The Morgan fingerprint density at radius 2 is 0.520 bits per heavy atom. The fraction of sp³-hybridized carbons (Fsp3) is 0.676. The first-order chi connectivity index (χ1) is 57.0. The van der Waals surface area contributed by atoms with Gasteiger partial charge in [-0.05, 0) is 229 Å². The van der Waals surface area contributed by atoms with Crippen molar-refractivity contribution in [3.05, 3.63) is 124 Å². The lowest BCUT2D eigenvalue weighted by Crippen LogP contribution is -2.71. The molecule has 6 aliphatic rings. The minimum absolute atomic E-state index is 0.0121. The monoisotopic (exact) mass is 1770 g/mol. The lowest BCUT2D eigenvalue weighted by Gasteiger charge is -2.65. The summed E-state index contributed by atoms with van der Waals surface area (Å²) in [7, 11) is -6.09. The Balaban J connectivity index is 1.14. The first kappa shape index (κ1) is 97.4. The molecule has 125 heavy (non-hydrogen) atoms. The Hall–Kier alpha value is -6.61. The van der Waals surface area contributed by atoms with Crippen LogP contribution < -0.4 is 14.2 Å². The van der Waals surface area contributed by atoms with Crippen molar-refractivity contribution < 1.29 is 86.1 Å². The molecule has 0 saturated heterocycles. The number of phosphoric ester groups is 1. The average molecular weight is 1770 g/mol. The van der Waals surface area contributed by atoms with Crippen molar-refractivity contribution in [3.8, 4) is 17.2 Å². The number of aliphatic imine (C=N–C) groups is 3. The number of rotatable bonds is 18. The van der Waals surface area contributed by atoms with Gasteiger partial charge in [0.05, 0.1) is 18.3 Å². The second-order valence-electron chi connectivity index (χ2n) is 46.6. The van der Waals surface area contributed by atoms with E-state index in [-0.39, 0.29) is 103 Å². The molecule has 0 aromatic heterocycles. The zero-order valence-electron chi connectivity index (χ0n) is 80.0. The SMILES string of the molecule is CC1=NC(c2ccc3c(C(F)(F)F)c(OC4CCC(C(C)(C)C)CC4)ccc3c2)(C(OP(=O)(OC(C(C)(C)C)(C(C)(C)C)C2(c3ccc4c(C(F)(F)F)c(OC5CCC(C(C)(C)C)CC5)ccc4c3)COC(C)=N2)OC(C(C)(C)C)(C(C)(C)C)C2(c3ccc4c(C(F)(F)F)c(OC5CCC(C(C)(C)C)CC5)ccc4c3)COC(C)=N2)(C(C)(C)C)C(C)(C)C)CO1. The van der Waals surface area contributed by atoms with Crippen LogP contribution in [0.3, 0.4) is 0 Å². The van der Waals surface area contributed by atoms with E-state index in [0.29, 0.717) is 73.0 Å². The maximum atomic E-state index is 20.1. The third-order valence-corrected chi connectivity index (χ3v) is 30.6. The Bertz CT molecular complexity index is 4590. The molecule has 3 aliphatic heterocycles. The molecule has 6 aromatic rings. The van der Waals surface area contributed by atoms with E-state index in [0.717, 1.165) is 38.5 Å². The van der Waals surface area contributed by atoms with Crippen LogP contribution in [0.5, 0.6) is 17.2 Å². The number of fused-ring (bicyclic) bond motifs is 3. The molecule has 12 rings (SSSR count). The Kier molecular flexibility index (Phi) is 25.3. The topological polar surface area (TPSA) is 137 Å². The van der Waals surface area contributed by atoms with Crippen molar-refractivity contribution in [2.24, 2.45) is 81.5 Å². The number of ether oxygens (including phenoxy) is 6. The molecule has 0 N–H and O–H groups in total. The molecule has 3 aliphatic carbocycles. The van der Waals surface area contributed by atoms with E-state index in [1.54, 1.807) is 75.4 Å². The minimum Gasteiger partial charge on any atom is -0.490 e. The largest absolute Gasteiger partial charge is 0.490 e. The highest BCUT2D eigenvalue weighted by molar-refractivity contribution is 7.48. The van der Waals surface area contributed by atoms with Crippen LogP contribution in [0.25, 0.3) is 32.3 Å². The molecule has 0 amide bonds. The first-order valence-electron chi connectivity index (χ1n) is 45.2. The second kappa shape index (κ2) is 32.4. The summed E-state index contributed by atoms with van der Waals surface area (Å²) in [6.07, 6.45) is -7.90. The van der Waals surface area contributed by atoms with Crippen molar-refractivity contribution >= 4 is 57.8 Å². The number of halogens is 9. The molecule has 3 unspecified atom stereocenters. The number of nitrogens with zero attached hydrogens (tertiary/aromatic N) is 3. The number of benzene rings is 6. The van der Waals surface area contributed by atoms with Gasteiger partial charge in [0.2, 0.25) is 0 Å². The lowest BCUT2D eigenvalue weighted by atomic mass is 9.52. The maximum Gasteiger partial charge on any atom is 0.476 e. The van der Waals surface area contributed by atoms with E-state index in [9.17, 15) is 0 Å². The summed E-state index contributed by atoms with van der Waals surface area (Å²) >= 11 is 0. The summed E-state index contributed by atoms with van der Waals surface area (Å²) < 4.78 is 232. The van der Waals surface area contributed by atoms with Gasteiger partial charge in [-0.25, -0.2) is 19.5 Å². The fourth-order valence-corrected chi connectivity index (χ4v) is 27.7. The van der Waals surface area contributed by atoms with Crippen molar-refractivity contribution in [1.29, 1.82) is 0 Å². The van der Waals surface area contributed by atoms with Gasteiger partial charge >= 0.3 is 26.4 Å². The minimum atomic E-state index is -6.09.